The third kappa shape index (κ3) is 3.87. The SMILES string of the molecule is CC1(C)CCC(Nc2ccc(C(F)(F)F)cc2C(N)=S)C1. The molecule has 0 aromatic heterocycles. The van der Waals surface area contributed by atoms with Crippen molar-refractivity contribution < 1.29 is 13.2 Å². The maximum atomic E-state index is 12.8. The van der Waals surface area contributed by atoms with Gasteiger partial charge in [-0.05, 0) is 42.9 Å². The van der Waals surface area contributed by atoms with Gasteiger partial charge in [0, 0.05) is 17.3 Å². The molecule has 1 atom stereocenters. The first-order valence-electron chi connectivity index (χ1n) is 6.86. The molecule has 1 aliphatic rings. The molecule has 116 valence electrons. The highest BCUT2D eigenvalue weighted by Crippen LogP contribution is 2.39. The van der Waals surface area contributed by atoms with E-state index in [0.717, 1.165) is 31.4 Å². The number of rotatable bonds is 3. The van der Waals surface area contributed by atoms with Crippen molar-refractivity contribution in [2.45, 2.75) is 45.3 Å². The van der Waals surface area contributed by atoms with Gasteiger partial charge >= 0.3 is 6.18 Å². The lowest BCUT2D eigenvalue weighted by atomic mass is 9.92. The van der Waals surface area contributed by atoms with Crippen molar-refractivity contribution in [2.24, 2.45) is 11.1 Å². The van der Waals surface area contributed by atoms with Crippen molar-refractivity contribution in [3.63, 3.8) is 0 Å². The van der Waals surface area contributed by atoms with E-state index < -0.39 is 11.7 Å². The third-order valence-corrected chi connectivity index (χ3v) is 4.16. The summed E-state index contributed by atoms with van der Waals surface area (Å²) in [5.74, 6) is 0. The van der Waals surface area contributed by atoms with Gasteiger partial charge in [0.05, 0.1) is 5.56 Å². The normalized spacial score (nSPS) is 21.3. The molecule has 1 aromatic carbocycles. The monoisotopic (exact) mass is 316 g/mol. The molecule has 0 aliphatic heterocycles. The fraction of sp³-hybridized carbons (Fsp3) is 0.533. The zero-order valence-electron chi connectivity index (χ0n) is 12.1. The Bertz CT molecular complexity index is 552. The predicted octanol–water partition coefficient (Wildman–Crippen LogP) is 4.33. The minimum Gasteiger partial charge on any atom is -0.389 e. The average Bonchev–Trinajstić information content (AvgIpc) is 2.67. The van der Waals surface area contributed by atoms with E-state index in [0.29, 0.717) is 5.69 Å². The van der Waals surface area contributed by atoms with Crippen molar-refractivity contribution in [2.75, 3.05) is 5.32 Å². The van der Waals surface area contributed by atoms with Crippen molar-refractivity contribution >= 4 is 22.9 Å². The first-order valence-corrected chi connectivity index (χ1v) is 7.27. The number of benzene rings is 1. The van der Waals surface area contributed by atoms with Crippen LogP contribution in [0.25, 0.3) is 0 Å². The minimum absolute atomic E-state index is 0.0270. The molecule has 0 bridgehead atoms. The summed E-state index contributed by atoms with van der Waals surface area (Å²) >= 11 is 4.89. The molecule has 0 spiro atoms. The highest BCUT2D eigenvalue weighted by Gasteiger charge is 2.33. The van der Waals surface area contributed by atoms with E-state index in [1.165, 1.54) is 6.07 Å². The van der Waals surface area contributed by atoms with Crippen LogP contribution in [-0.2, 0) is 6.18 Å². The van der Waals surface area contributed by atoms with Gasteiger partial charge in [0.2, 0.25) is 0 Å². The Morgan fingerprint density at radius 2 is 2.05 bits per heavy atom. The van der Waals surface area contributed by atoms with E-state index in [2.05, 4.69) is 19.2 Å². The molecule has 2 nitrogen and oxygen atoms in total. The largest absolute Gasteiger partial charge is 0.416 e. The first-order chi connectivity index (χ1) is 9.58. The van der Waals surface area contributed by atoms with Gasteiger partial charge in [0.25, 0.3) is 0 Å². The van der Waals surface area contributed by atoms with Gasteiger partial charge in [-0.3, -0.25) is 0 Å². The predicted molar refractivity (Wildman–Crippen MR) is 82.4 cm³/mol. The van der Waals surface area contributed by atoms with Crippen LogP contribution in [0, 0.1) is 5.41 Å². The van der Waals surface area contributed by atoms with Gasteiger partial charge in [-0.15, -0.1) is 0 Å². The number of hydrogen-bond donors (Lipinski definition) is 2. The Kier molecular flexibility index (Phi) is 4.19. The summed E-state index contributed by atoms with van der Waals surface area (Å²) in [7, 11) is 0. The maximum absolute atomic E-state index is 12.8. The first kappa shape index (κ1) is 16.1. The van der Waals surface area contributed by atoms with E-state index in [1.807, 2.05) is 0 Å². The number of thiocarbonyl (C=S) groups is 1. The molecule has 0 radical (unpaired) electrons. The van der Waals surface area contributed by atoms with E-state index in [-0.39, 0.29) is 22.0 Å². The topological polar surface area (TPSA) is 38.0 Å². The molecule has 0 heterocycles. The van der Waals surface area contributed by atoms with Gasteiger partial charge in [-0.2, -0.15) is 13.2 Å². The van der Waals surface area contributed by atoms with E-state index >= 15 is 0 Å². The molecular weight excluding hydrogens is 297 g/mol. The molecule has 0 amide bonds. The number of nitrogens with one attached hydrogen (secondary N) is 1. The van der Waals surface area contributed by atoms with Crippen LogP contribution in [0.15, 0.2) is 18.2 Å². The van der Waals surface area contributed by atoms with Gasteiger partial charge in [-0.1, -0.05) is 26.1 Å². The number of halogens is 3. The quantitative estimate of drug-likeness (QED) is 0.815. The summed E-state index contributed by atoms with van der Waals surface area (Å²) < 4.78 is 38.3. The van der Waals surface area contributed by atoms with Crippen LogP contribution >= 0.6 is 12.2 Å². The molecule has 3 N–H and O–H groups in total. The molecular formula is C15H19F3N2S. The summed E-state index contributed by atoms with van der Waals surface area (Å²) in [4.78, 5) is -0.0270. The Labute approximate surface area is 127 Å². The number of nitrogens with two attached hydrogens (primary N) is 1. The molecule has 1 saturated carbocycles. The fourth-order valence-corrected chi connectivity index (χ4v) is 3.00. The highest BCUT2D eigenvalue weighted by molar-refractivity contribution is 7.80. The summed E-state index contributed by atoms with van der Waals surface area (Å²) in [6, 6.07) is 3.74. The lowest BCUT2D eigenvalue weighted by molar-refractivity contribution is -0.137. The second kappa shape index (κ2) is 5.48. The second-order valence-corrected chi connectivity index (χ2v) is 6.81. The molecule has 6 heteroatoms. The Morgan fingerprint density at radius 3 is 2.52 bits per heavy atom. The van der Waals surface area contributed by atoms with E-state index in [1.54, 1.807) is 0 Å². The summed E-state index contributed by atoms with van der Waals surface area (Å²) in [6.07, 6.45) is -1.34. The number of hydrogen-bond acceptors (Lipinski definition) is 2. The van der Waals surface area contributed by atoms with Crippen LogP contribution in [0.1, 0.15) is 44.2 Å². The molecule has 0 saturated heterocycles. The van der Waals surface area contributed by atoms with E-state index in [4.69, 9.17) is 18.0 Å². The molecule has 1 fully saturated rings. The van der Waals surface area contributed by atoms with Crippen molar-refractivity contribution in [1.29, 1.82) is 0 Å². The van der Waals surface area contributed by atoms with Crippen molar-refractivity contribution in [3.8, 4) is 0 Å². The van der Waals surface area contributed by atoms with Crippen LogP contribution < -0.4 is 11.1 Å². The smallest absolute Gasteiger partial charge is 0.389 e. The average molecular weight is 316 g/mol. The van der Waals surface area contributed by atoms with Crippen LogP contribution in [0.5, 0.6) is 0 Å². The zero-order chi connectivity index (χ0) is 15.8. The van der Waals surface area contributed by atoms with Crippen LogP contribution in [0.3, 0.4) is 0 Å². The lowest BCUT2D eigenvalue weighted by Crippen LogP contribution is -2.21. The highest BCUT2D eigenvalue weighted by atomic mass is 32.1. The summed E-state index contributed by atoms with van der Waals surface area (Å²) in [6.45, 7) is 4.38. The second-order valence-electron chi connectivity index (χ2n) is 6.37. The number of alkyl halides is 3. The number of anilines is 1. The third-order valence-electron chi connectivity index (χ3n) is 3.94. The molecule has 1 aliphatic carbocycles. The Balaban J connectivity index is 2.26. The zero-order valence-corrected chi connectivity index (χ0v) is 12.9. The van der Waals surface area contributed by atoms with Crippen LogP contribution in [0.4, 0.5) is 18.9 Å². The Hall–Kier alpha value is -1.30. The lowest BCUT2D eigenvalue weighted by Gasteiger charge is -2.20. The fourth-order valence-electron chi connectivity index (χ4n) is 2.83. The van der Waals surface area contributed by atoms with Crippen molar-refractivity contribution in [3.05, 3.63) is 29.3 Å². The molecule has 1 unspecified atom stereocenters. The summed E-state index contributed by atoms with van der Waals surface area (Å²) in [5, 5.41) is 3.29. The Morgan fingerprint density at radius 1 is 1.38 bits per heavy atom. The van der Waals surface area contributed by atoms with Gasteiger partial charge < -0.3 is 11.1 Å². The minimum atomic E-state index is -4.40. The summed E-state index contributed by atoms with van der Waals surface area (Å²) in [5.41, 5.74) is 5.94. The standard InChI is InChI=1S/C15H19F3N2S/c1-14(2)6-5-10(8-14)20-12-4-3-9(15(16,17)18)7-11(12)13(19)21/h3-4,7,10,20H,5-6,8H2,1-2H3,(H2,19,21). The van der Waals surface area contributed by atoms with Gasteiger partial charge in [0.15, 0.2) is 0 Å². The maximum Gasteiger partial charge on any atom is 0.416 e. The van der Waals surface area contributed by atoms with E-state index in [9.17, 15) is 13.2 Å². The molecule has 1 aromatic rings. The van der Waals surface area contributed by atoms with Gasteiger partial charge in [-0.25, -0.2) is 0 Å². The van der Waals surface area contributed by atoms with Gasteiger partial charge in [0.1, 0.15) is 4.99 Å². The molecule has 21 heavy (non-hydrogen) atoms. The van der Waals surface area contributed by atoms with Crippen molar-refractivity contribution in [1.82, 2.24) is 0 Å². The van der Waals surface area contributed by atoms with Crippen LogP contribution in [0.2, 0.25) is 0 Å². The molecule has 2 rings (SSSR count). The van der Waals surface area contributed by atoms with Crippen LogP contribution in [-0.4, -0.2) is 11.0 Å².